The second kappa shape index (κ2) is 19.8. The second-order valence-corrected chi connectivity index (χ2v) is 16.7. The second-order valence-electron chi connectivity index (χ2n) is 7.45. The fourth-order valence-electron chi connectivity index (χ4n) is 3.27. The molecule has 0 bridgehead atoms. The zero-order valence-corrected chi connectivity index (χ0v) is 19.5. The van der Waals surface area contributed by atoms with Crippen LogP contribution in [0.1, 0.15) is 116 Å². The predicted molar refractivity (Wildman–Crippen MR) is 118 cm³/mol. The van der Waals surface area contributed by atoms with E-state index < -0.39 is 6.00 Å². The number of rotatable bonds is 20. The average molecular weight is 432 g/mol. The van der Waals surface area contributed by atoms with Gasteiger partial charge in [-0.25, -0.2) is 0 Å². The molecule has 0 amide bonds. The number of hydrogen-bond donors (Lipinski definition) is 1. The quantitative estimate of drug-likeness (QED) is 0.116. The highest BCUT2D eigenvalue weighted by Gasteiger charge is 2.23. The molecule has 0 aliphatic heterocycles. The molecule has 1 nitrogen and oxygen atoms in total. The van der Waals surface area contributed by atoms with Crippen LogP contribution < -0.4 is 0 Å². The fourth-order valence-corrected chi connectivity index (χ4v) is 5.12. The van der Waals surface area contributed by atoms with Crippen LogP contribution in [-0.2, 0) is 0 Å². The smallest absolute Gasteiger partial charge is 0.341 e. The highest BCUT2D eigenvalue weighted by atomic mass is 35.8. The van der Waals surface area contributed by atoms with E-state index in [0.29, 0.717) is 6.61 Å². The van der Waals surface area contributed by atoms with Gasteiger partial charge in [0.2, 0.25) is 0 Å². The third-order valence-corrected chi connectivity index (χ3v) is 7.49. The summed E-state index contributed by atoms with van der Waals surface area (Å²) in [5.41, 5.74) is 0. The largest absolute Gasteiger partial charge is 0.396 e. The number of hydrogen-bond acceptors (Lipinski definition) is 1. The van der Waals surface area contributed by atoms with Crippen LogP contribution in [0.5, 0.6) is 0 Å². The maximum Gasteiger partial charge on any atom is 0.341 e. The molecule has 0 heterocycles. The molecule has 5 heteroatoms. The van der Waals surface area contributed by atoms with Crippen molar-refractivity contribution in [3.05, 3.63) is 0 Å². The molecule has 0 radical (unpaired) electrons. The summed E-state index contributed by atoms with van der Waals surface area (Å²) >= 11 is 17.6. The average Bonchev–Trinajstić information content (AvgIpc) is 2.56. The van der Waals surface area contributed by atoms with E-state index in [1.807, 2.05) is 0 Å². The lowest BCUT2D eigenvalue weighted by Crippen LogP contribution is -2.07. The van der Waals surface area contributed by atoms with Gasteiger partial charge in [0.1, 0.15) is 0 Å². The molecule has 0 rings (SSSR count). The molecule has 1 N–H and O–H groups in total. The third kappa shape index (κ3) is 25.0. The molecular formula is C20H41Cl3OSi. The Morgan fingerprint density at radius 2 is 0.640 bits per heavy atom. The minimum atomic E-state index is -2.36. The van der Waals surface area contributed by atoms with Crippen molar-refractivity contribution in [1.82, 2.24) is 0 Å². The SMILES string of the molecule is OCCCCCCCCCCCCCCCCCCCC[Si](Cl)(Cl)Cl. The Hall–Kier alpha value is 1.05. The van der Waals surface area contributed by atoms with E-state index in [1.54, 1.807) is 0 Å². The maximum atomic E-state index is 8.71. The van der Waals surface area contributed by atoms with E-state index in [1.165, 1.54) is 103 Å². The highest BCUT2D eigenvalue weighted by molar-refractivity contribution is 7.64. The van der Waals surface area contributed by atoms with Gasteiger partial charge in [-0.15, -0.1) is 33.2 Å². The zero-order valence-electron chi connectivity index (χ0n) is 16.2. The van der Waals surface area contributed by atoms with Crippen LogP contribution in [0.3, 0.4) is 0 Å². The first-order chi connectivity index (χ1) is 12.1. The standard InChI is InChI=1S/C20H41Cl3OSi/c21-25(22,23)20-18-16-14-12-10-8-6-4-2-1-3-5-7-9-11-13-15-17-19-24/h24H,1-20H2. The van der Waals surface area contributed by atoms with Gasteiger partial charge in [0, 0.05) is 6.61 Å². The molecule has 0 saturated heterocycles. The van der Waals surface area contributed by atoms with Crippen LogP contribution in [0, 0.1) is 0 Å². The molecule has 0 aliphatic rings. The topological polar surface area (TPSA) is 20.2 Å². The van der Waals surface area contributed by atoms with Crippen molar-refractivity contribution in [2.24, 2.45) is 0 Å². The Bertz CT molecular complexity index is 260. The Balaban J connectivity index is 3.01. The maximum absolute atomic E-state index is 8.71. The van der Waals surface area contributed by atoms with Gasteiger partial charge in [-0.05, 0) is 12.5 Å². The van der Waals surface area contributed by atoms with Gasteiger partial charge in [-0.2, -0.15) is 0 Å². The highest BCUT2D eigenvalue weighted by Crippen LogP contribution is 2.27. The summed E-state index contributed by atoms with van der Waals surface area (Å²) in [7, 11) is 0. The fraction of sp³-hybridized carbons (Fsp3) is 1.00. The summed E-state index contributed by atoms with van der Waals surface area (Å²) in [4.78, 5) is 0. The molecule has 0 saturated carbocycles. The molecule has 0 aliphatic carbocycles. The van der Waals surface area contributed by atoms with Crippen molar-refractivity contribution in [3.8, 4) is 0 Å². The summed E-state index contributed by atoms with van der Waals surface area (Å²) < 4.78 is 0. The first-order valence-electron chi connectivity index (χ1n) is 10.7. The zero-order chi connectivity index (χ0) is 18.6. The van der Waals surface area contributed by atoms with Crippen molar-refractivity contribution in [3.63, 3.8) is 0 Å². The number of halogens is 3. The van der Waals surface area contributed by atoms with Crippen LogP contribution >= 0.6 is 33.2 Å². The van der Waals surface area contributed by atoms with Gasteiger partial charge >= 0.3 is 6.00 Å². The van der Waals surface area contributed by atoms with Crippen LogP contribution in [0.4, 0.5) is 0 Å². The molecule has 0 aromatic carbocycles. The molecule has 0 aromatic rings. The molecule has 0 atom stereocenters. The van der Waals surface area contributed by atoms with E-state index in [-0.39, 0.29) is 0 Å². The Morgan fingerprint density at radius 3 is 0.880 bits per heavy atom. The molecule has 25 heavy (non-hydrogen) atoms. The van der Waals surface area contributed by atoms with Gasteiger partial charge in [-0.1, -0.05) is 109 Å². The predicted octanol–water partition coefficient (Wildman–Crippen LogP) is 8.66. The van der Waals surface area contributed by atoms with E-state index in [9.17, 15) is 0 Å². The van der Waals surface area contributed by atoms with Crippen molar-refractivity contribution >= 4 is 39.2 Å². The van der Waals surface area contributed by atoms with Gasteiger partial charge in [0.15, 0.2) is 0 Å². The van der Waals surface area contributed by atoms with E-state index in [4.69, 9.17) is 38.3 Å². The van der Waals surface area contributed by atoms with E-state index in [0.717, 1.165) is 18.9 Å². The van der Waals surface area contributed by atoms with Gasteiger partial charge in [0.05, 0.1) is 0 Å². The summed E-state index contributed by atoms with van der Waals surface area (Å²) in [5.74, 6) is 0. The van der Waals surface area contributed by atoms with Gasteiger partial charge in [-0.3, -0.25) is 0 Å². The first-order valence-corrected chi connectivity index (χ1v) is 16.0. The summed E-state index contributed by atoms with van der Waals surface area (Å²) in [6.45, 7) is 0.361. The summed E-state index contributed by atoms with van der Waals surface area (Å²) in [6.07, 6.45) is 23.9. The minimum absolute atomic E-state index is 0.361. The Morgan fingerprint density at radius 1 is 0.400 bits per heavy atom. The number of aliphatic hydroxyl groups excluding tert-OH is 1. The lowest BCUT2D eigenvalue weighted by atomic mass is 10.0. The Kier molecular flexibility index (Phi) is 20.6. The van der Waals surface area contributed by atoms with Crippen LogP contribution in [0.2, 0.25) is 6.04 Å². The van der Waals surface area contributed by atoms with E-state index >= 15 is 0 Å². The monoisotopic (exact) mass is 430 g/mol. The number of aliphatic hydroxyl groups is 1. The minimum Gasteiger partial charge on any atom is -0.396 e. The van der Waals surface area contributed by atoms with Crippen molar-refractivity contribution in [2.45, 2.75) is 122 Å². The lowest BCUT2D eigenvalue weighted by molar-refractivity contribution is 0.282. The van der Waals surface area contributed by atoms with Gasteiger partial charge in [0.25, 0.3) is 0 Å². The van der Waals surface area contributed by atoms with Gasteiger partial charge < -0.3 is 5.11 Å². The molecule has 0 aromatic heterocycles. The lowest BCUT2D eigenvalue weighted by Gasteiger charge is -2.07. The first kappa shape index (κ1) is 26.0. The molecule has 152 valence electrons. The normalized spacial score (nSPS) is 12.0. The van der Waals surface area contributed by atoms with Crippen LogP contribution in [-0.4, -0.2) is 17.7 Å². The van der Waals surface area contributed by atoms with Crippen molar-refractivity contribution < 1.29 is 5.11 Å². The van der Waals surface area contributed by atoms with Crippen molar-refractivity contribution in [2.75, 3.05) is 6.61 Å². The van der Waals surface area contributed by atoms with Crippen molar-refractivity contribution in [1.29, 1.82) is 0 Å². The molecule has 0 unspecified atom stereocenters. The third-order valence-electron chi connectivity index (χ3n) is 4.87. The van der Waals surface area contributed by atoms with Crippen LogP contribution in [0.15, 0.2) is 0 Å². The summed E-state index contributed by atoms with van der Waals surface area (Å²) in [5, 5.41) is 8.71. The van der Waals surface area contributed by atoms with Crippen LogP contribution in [0.25, 0.3) is 0 Å². The molecular weight excluding hydrogens is 391 g/mol. The molecule has 0 fully saturated rings. The molecule has 0 spiro atoms. The van der Waals surface area contributed by atoms with E-state index in [2.05, 4.69) is 0 Å². The summed E-state index contributed by atoms with van der Waals surface area (Å²) in [6, 6.07) is -1.54. The Labute approximate surface area is 172 Å². The number of unbranched alkanes of at least 4 members (excludes halogenated alkanes) is 17.